The highest BCUT2D eigenvalue weighted by atomic mass is 35.5. The van der Waals surface area contributed by atoms with Crippen LogP contribution in [0.1, 0.15) is 20.3 Å². The first-order valence-electron chi connectivity index (χ1n) is 4.25. The van der Waals surface area contributed by atoms with Crippen molar-refractivity contribution in [1.29, 1.82) is 0 Å². The van der Waals surface area contributed by atoms with E-state index >= 15 is 0 Å². The molecule has 74 valence electrons. The fourth-order valence-corrected chi connectivity index (χ4v) is 1.95. The molecule has 0 aromatic rings. The molecular formula is C7H17ClO3Si. The molecule has 0 aliphatic carbocycles. The number of alkyl halides is 1. The maximum Gasteiger partial charge on any atom is 0.484 e. The quantitative estimate of drug-likeness (QED) is 0.346. The second-order valence-electron chi connectivity index (χ2n) is 2.11. The van der Waals surface area contributed by atoms with Crippen LogP contribution in [0.15, 0.2) is 0 Å². The van der Waals surface area contributed by atoms with Gasteiger partial charge in [0, 0.05) is 25.7 Å². The second kappa shape index (κ2) is 9.47. The van der Waals surface area contributed by atoms with E-state index in [0.717, 1.165) is 6.42 Å². The van der Waals surface area contributed by atoms with E-state index < -0.39 is 9.53 Å². The summed E-state index contributed by atoms with van der Waals surface area (Å²) in [5, 5.41) is 0. The molecule has 0 aliphatic rings. The van der Waals surface area contributed by atoms with E-state index in [1.54, 1.807) is 0 Å². The lowest BCUT2D eigenvalue weighted by Crippen LogP contribution is -2.27. The lowest BCUT2D eigenvalue weighted by atomic mass is 10.5. The Kier molecular flexibility index (Phi) is 9.78. The summed E-state index contributed by atoms with van der Waals surface area (Å²) in [6, 6.07) is 0. The fraction of sp³-hybridized carbons (Fsp3) is 1.00. The van der Waals surface area contributed by atoms with E-state index in [2.05, 4.69) is 0 Å². The average Bonchev–Trinajstić information content (AvgIpc) is 2.06. The summed E-state index contributed by atoms with van der Waals surface area (Å²) in [6.07, 6.45) is 0.852. The zero-order chi connectivity index (χ0) is 9.23. The summed E-state index contributed by atoms with van der Waals surface area (Å²) in [7, 11) is -1.82. The molecule has 0 amide bonds. The minimum absolute atomic E-state index is 0.624. The van der Waals surface area contributed by atoms with Crippen LogP contribution in [-0.2, 0) is 13.3 Å². The maximum absolute atomic E-state index is 5.49. The molecule has 5 heteroatoms. The highest BCUT2D eigenvalue weighted by Gasteiger charge is 2.12. The van der Waals surface area contributed by atoms with E-state index in [-0.39, 0.29) is 0 Å². The average molecular weight is 213 g/mol. The predicted octanol–water partition coefficient (Wildman–Crippen LogP) is 1.42. The highest BCUT2D eigenvalue weighted by Crippen LogP contribution is 1.94. The molecule has 0 unspecified atom stereocenters. The predicted molar refractivity (Wildman–Crippen MR) is 51.7 cm³/mol. The molecule has 3 nitrogen and oxygen atoms in total. The monoisotopic (exact) mass is 212 g/mol. The topological polar surface area (TPSA) is 27.7 Å². The van der Waals surface area contributed by atoms with Gasteiger partial charge in [0.05, 0.1) is 0 Å². The van der Waals surface area contributed by atoms with Crippen molar-refractivity contribution in [1.82, 2.24) is 0 Å². The van der Waals surface area contributed by atoms with Crippen LogP contribution in [0.3, 0.4) is 0 Å². The van der Waals surface area contributed by atoms with E-state index in [4.69, 9.17) is 24.9 Å². The van der Waals surface area contributed by atoms with Crippen LogP contribution in [0.25, 0.3) is 0 Å². The highest BCUT2D eigenvalue weighted by molar-refractivity contribution is 6.36. The van der Waals surface area contributed by atoms with Crippen LogP contribution in [0, 0.1) is 0 Å². The standard InChI is InChI=1S/C7H17ClO3Si/c1-3-9-12(10-4-2)11-7-5-6-8/h12H,3-7H2,1-2H3. The first kappa shape index (κ1) is 12.4. The minimum Gasteiger partial charge on any atom is -0.376 e. The molecule has 0 spiro atoms. The van der Waals surface area contributed by atoms with Gasteiger partial charge in [-0.15, -0.1) is 11.6 Å². The van der Waals surface area contributed by atoms with Crippen molar-refractivity contribution in [2.45, 2.75) is 20.3 Å². The summed E-state index contributed by atoms with van der Waals surface area (Å²) >= 11 is 5.49. The molecule has 0 saturated carbocycles. The molecule has 0 aromatic carbocycles. The lowest BCUT2D eigenvalue weighted by Gasteiger charge is -2.13. The number of rotatable bonds is 8. The van der Waals surface area contributed by atoms with Crippen LogP contribution in [-0.4, -0.2) is 35.2 Å². The normalized spacial score (nSPS) is 11.0. The van der Waals surface area contributed by atoms with Crippen molar-refractivity contribution in [2.75, 3.05) is 25.7 Å². The Bertz CT molecular complexity index is 88.7. The van der Waals surface area contributed by atoms with Crippen LogP contribution < -0.4 is 0 Å². The number of halogens is 1. The number of hydrogen-bond acceptors (Lipinski definition) is 3. The smallest absolute Gasteiger partial charge is 0.376 e. The van der Waals surface area contributed by atoms with Crippen molar-refractivity contribution in [2.24, 2.45) is 0 Å². The Labute approximate surface area is 80.9 Å². The molecule has 0 radical (unpaired) electrons. The van der Waals surface area contributed by atoms with Gasteiger partial charge in [-0.2, -0.15) is 0 Å². The molecule has 0 atom stereocenters. The van der Waals surface area contributed by atoms with Gasteiger partial charge in [-0.05, 0) is 20.3 Å². The third-order valence-corrected chi connectivity index (χ3v) is 3.12. The first-order chi connectivity index (χ1) is 5.85. The van der Waals surface area contributed by atoms with Gasteiger partial charge in [-0.25, -0.2) is 0 Å². The summed E-state index contributed by atoms with van der Waals surface area (Å²) < 4.78 is 15.9. The molecule has 0 aliphatic heterocycles. The minimum atomic E-state index is -1.82. The molecule has 0 fully saturated rings. The molecule has 0 rings (SSSR count). The Hall–Kier alpha value is 0.387. The van der Waals surface area contributed by atoms with Crippen LogP contribution in [0.2, 0.25) is 0 Å². The molecular weight excluding hydrogens is 196 g/mol. The zero-order valence-electron chi connectivity index (χ0n) is 7.72. The zero-order valence-corrected chi connectivity index (χ0v) is 9.63. The fourth-order valence-electron chi connectivity index (χ4n) is 0.651. The third kappa shape index (κ3) is 7.06. The summed E-state index contributed by atoms with van der Waals surface area (Å²) in [5.41, 5.74) is 0. The van der Waals surface area contributed by atoms with Crippen LogP contribution >= 0.6 is 11.6 Å². The molecule has 0 N–H and O–H groups in total. The maximum atomic E-state index is 5.49. The van der Waals surface area contributed by atoms with Crippen molar-refractivity contribution in [3.05, 3.63) is 0 Å². The van der Waals surface area contributed by atoms with Crippen molar-refractivity contribution in [3.8, 4) is 0 Å². The largest absolute Gasteiger partial charge is 0.484 e. The summed E-state index contributed by atoms with van der Waals surface area (Å²) in [4.78, 5) is 0. The van der Waals surface area contributed by atoms with E-state index in [0.29, 0.717) is 25.7 Å². The SMILES string of the molecule is CCO[SiH](OCC)OCCCCl. The third-order valence-electron chi connectivity index (χ3n) is 1.14. The van der Waals surface area contributed by atoms with Crippen LogP contribution in [0.5, 0.6) is 0 Å². The second-order valence-corrected chi connectivity index (χ2v) is 4.07. The summed E-state index contributed by atoms with van der Waals surface area (Å²) in [6.45, 7) is 5.81. The Morgan fingerprint density at radius 2 is 1.67 bits per heavy atom. The molecule has 0 bridgehead atoms. The molecule has 0 saturated heterocycles. The molecule has 0 aromatic heterocycles. The summed E-state index contributed by atoms with van der Waals surface area (Å²) in [5.74, 6) is 0.624. The first-order valence-corrected chi connectivity index (χ1v) is 6.20. The van der Waals surface area contributed by atoms with Gasteiger partial charge < -0.3 is 13.3 Å². The van der Waals surface area contributed by atoms with Gasteiger partial charge in [0.25, 0.3) is 0 Å². The van der Waals surface area contributed by atoms with Gasteiger partial charge >= 0.3 is 9.53 Å². The van der Waals surface area contributed by atoms with Gasteiger partial charge in [0.2, 0.25) is 0 Å². The van der Waals surface area contributed by atoms with E-state index in [1.165, 1.54) is 0 Å². The van der Waals surface area contributed by atoms with Crippen LogP contribution in [0.4, 0.5) is 0 Å². The van der Waals surface area contributed by atoms with Crippen molar-refractivity contribution >= 4 is 21.1 Å². The molecule has 12 heavy (non-hydrogen) atoms. The number of hydrogen-bond donors (Lipinski definition) is 0. The Balaban J connectivity index is 3.34. The Morgan fingerprint density at radius 3 is 2.08 bits per heavy atom. The van der Waals surface area contributed by atoms with Crippen molar-refractivity contribution < 1.29 is 13.3 Å². The van der Waals surface area contributed by atoms with Gasteiger partial charge in [0.15, 0.2) is 0 Å². The lowest BCUT2D eigenvalue weighted by molar-refractivity contribution is 0.102. The molecule has 0 heterocycles. The van der Waals surface area contributed by atoms with Gasteiger partial charge in [-0.3, -0.25) is 0 Å². The van der Waals surface area contributed by atoms with Crippen molar-refractivity contribution in [3.63, 3.8) is 0 Å². The van der Waals surface area contributed by atoms with Gasteiger partial charge in [-0.1, -0.05) is 0 Å². The van der Waals surface area contributed by atoms with Gasteiger partial charge in [0.1, 0.15) is 0 Å². The van der Waals surface area contributed by atoms with E-state index in [9.17, 15) is 0 Å². The Morgan fingerprint density at radius 1 is 1.08 bits per heavy atom. The van der Waals surface area contributed by atoms with E-state index in [1.807, 2.05) is 13.8 Å².